The molecular weight excluding hydrogens is 503 g/mol. The maximum atomic E-state index is 12.7. The van der Waals surface area contributed by atoms with Crippen LogP contribution in [0.25, 0.3) is 0 Å². The number of nitro groups is 1. The average Bonchev–Trinajstić information content (AvgIpc) is 3.26. The van der Waals surface area contributed by atoms with Crippen molar-refractivity contribution in [2.75, 3.05) is 11.1 Å². The van der Waals surface area contributed by atoms with Gasteiger partial charge in [-0.3, -0.25) is 24.8 Å². The third-order valence-electron chi connectivity index (χ3n) is 4.59. The molecule has 0 spiro atoms. The van der Waals surface area contributed by atoms with Crippen LogP contribution in [0.15, 0.2) is 47.6 Å². The average molecular weight is 523 g/mol. The van der Waals surface area contributed by atoms with Crippen molar-refractivity contribution in [3.05, 3.63) is 74.0 Å². The Labute approximate surface area is 209 Å². The first-order chi connectivity index (χ1) is 16.1. The number of nitro benzene ring substituents is 1. The predicted molar refractivity (Wildman–Crippen MR) is 130 cm³/mol. The molecule has 2 amide bonds. The number of non-ortho nitro benzene ring substituents is 1. The molecule has 0 aliphatic rings. The SMILES string of the molecule is CC(C)[C@@H](NC(=O)c1cccc([N+](=O)[O-])c1)c1nc(SCC(=O)Nc2ccc(Cl)cc2Cl)n[nH]1. The Balaban J connectivity index is 1.63. The summed E-state index contributed by atoms with van der Waals surface area (Å²) in [6.07, 6.45) is 0. The minimum atomic E-state index is -0.562. The summed E-state index contributed by atoms with van der Waals surface area (Å²) in [7, 11) is 0. The van der Waals surface area contributed by atoms with Crippen molar-refractivity contribution in [2.24, 2.45) is 5.92 Å². The first-order valence-electron chi connectivity index (χ1n) is 9.99. The number of hydrogen-bond donors (Lipinski definition) is 3. The second-order valence-electron chi connectivity index (χ2n) is 7.47. The van der Waals surface area contributed by atoms with Crippen LogP contribution in [0.3, 0.4) is 0 Å². The molecule has 0 aliphatic heterocycles. The van der Waals surface area contributed by atoms with E-state index in [0.717, 1.165) is 11.8 Å². The number of aromatic nitrogens is 3. The van der Waals surface area contributed by atoms with E-state index in [1.165, 1.54) is 30.3 Å². The molecule has 0 saturated heterocycles. The van der Waals surface area contributed by atoms with E-state index in [9.17, 15) is 19.7 Å². The van der Waals surface area contributed by atoms with Crippen molar-refractivity contribution >= 4 is 58.2 Å². The van der Waals surface area contributed by atoms with Crippen molar-refractivity contribution in [2.45, 2.75) is 25.0 Å². The molecule has 10 nitrogen and oxygen atoms in total. The van der Waals surface area contributed by atoms with Crippen LogP contribution in [0, 0.1) is 16.0 Å². The summed E-state index contributed by atoms with van der Waals surface area (Å²) in [5.74, 6) is -0.420. The Morgan fingerprint density at radius 1 is 1.21 bits per heavy atom. The first kappa shape index (κ1) is 25.5. The lowest BCUT2D eigenvalue weighted by molar-refractivity contribution is -0.384. The molecular formula is C21H20Cl2N6O4S. The lowest BCUT2D eigenvalue weighted by atomic mass is 10.0. The summed E-state index contributed by atoms with van der Waals surface area (Å²) >= 11 is 13.0. The van der Waals surface area contributed by atoms with Crippen LogP contribution in [0.2, 0.25) is 10.0 Å². The summed E-state index contributed by atoms with van der Waals surface area (Å²) in [5, 5.41) is 24.5. The van der Waals surface area contributed by atoms with Crippen LogP contribution in [0.5, 0.6) is 0 Å². The molecule has 1 aromatic heterocycles. The Morgan fingerprint density at radius 2 is 1.97 bits per heavy atom. The van der Waals surface area contributed by atoms with Crippen LogP contribution in [-0.2, 0) is 4.79 Å². The number of nitrogens with one attached hydrogen (secondary N) is 3. The van der Waals surface area contributed by atoms with Crippen molar-refractivity contribution in [1.29, 1.82) is 0 Å². The van der Waals surface area contributed by atoms with E-state index in [1.54, 1.807) is 12.1 Å². The van der Waals surface area contributed by atoms with Gasteiger partial charge in [-0.1, -0.05) is 54.9 Å². The lowest BCUT2D eigenvalue weighted by Crippen LogP contribution is -2.32. The normalized spacial score (nSPS) is 11.8. The van der Waals surface area contributed by atoms with Gasteiger partial charge in [0, 0.05) is 22.7 Å². The summed E-state index contributed by atoms with van der Waals surface area (Å²) in [6, 6.07) is 9.68. The van der Waals surface area contributed by atoms with Gasteiger partial charge >= 0.3 is 0 Å². The zero-order valence-corrected chi connectivity index (χ0v) is 20.4. The van der Waals surface area contributed by atoms with E-state index in [1.807, 2.05) is 13.8 Å². The van der Waals surface area contributed by atoms with E-state index in [2.05, 4.69) is 25.8 Å². The topological polar surface area (TPSA) is 143 Å². The lowest BCUT2D eigenvalue weighted by Gasteiger charge is -2.19. The van der Waals surface area contributed by atoms with E-state index in [0.29, 0.717) is 26.7 Å². The highest BCUT2D eigenvalue weighted by Crippen LogP contribution is 2.26. The molecule has 0 radical (unpaired) electrons. The molecule has 0 saturated carbocycles. The molecule has 1 atom stereocenters. The van der Waals surface area contributed by atoms with Gasteiger partial charge in [-0.25, -0.2) is 4.98 Å². The maximum absolute atomic E-state index is 12.7. The number of amides is 2. The number of anilines is 1. The molecule has 0 fully saturated rings. The van der Waals surface area contributed by atoms with Crippen LogP contribution >= 0.6 is 35.0 Å². The summed E-state index contributed by atoms with van der Waals surface area (Å²) in [4.78, 5) is 39.7. The zero-order chi connectivity index (χ0) is 24.8. The van der Waals surface area contributed by atoms with Crippen LogP contribution in [0.1, 0.15) is 36.1 Å². The van der Waals surface area contributed by atoms with E-state index >= 15 is 0 Å². The van der Waals surface area contributed by atoms with E-state index < -0.39 is 16.9 Å². The van der Waals surface area contributed by atoms with Gasteiger partial charge in [0.25, 0.3) is 11.6 Å². The number of thioether (sulfide) groups is 1. The third kappa shape index (κ3) is 6.69. The Hall–Kier alpha value is -3.15. The second-order valence-corrected chi connectivity index (χ2v) is 9.25. The molecule has 0 bridgehead atoms. The van der Waals surface area contributed by atoms with Gasteiger partial charge in [-0.15, -0.1) is 5.10 Å². The molecule has 0 aliphatic carbocycles. The quantitative estimate of drug-likeness (QED) is 0.206. The van der Waals surface area contributed by atoms with E-state index in [4.69, 9.17) is 23.2 Å². The number of nitrogens with zero attached hydrogens (tertiary/aromatic N) is 3. The number of halogens is 2. The molecule has 3 aromatic rings. The fraction of sp³-hybridized carbons (Fsp3) is 0.238. The minimum Gasteiger partial charge on any atom is -0.342 e. The van der Waals surface area contributed by atoms with Crippen LogP contribution in [0.4, 0.5) is 11.4 Å². The predicted octanol–water partition coefficient (Wildman–Crippen LogP) is 4.88. The molecule has 178 valence electrons. The second kappa shape index (κ2) is 11.3. The highest BCUT2D eigenvalue weighted by molar-refractivity contribution is 7.99. The Bertz CT molecular complexity index is 1220. The summed E-state index contributed by atoms with van der Waals surface area (Å²) in [5.41, 5.74) is 0.424. The van der Waals surface area contributed by atoms with Gasteiger partial charge in [-0.2, -0.15) is 0 Å². The molecule has 34 heavy (non-hydrogen) atoms. The number of carbonyl (C=O) groups is 2. The van der Waals surface area contributed by atoms with Gasteiger partial charge in [-0.05, 0) is 30.2 Å². The van der Waals surface area contributed by atoms with Crippen molar-refractivity contribution in [1.82, 2.24) is 20.5 Å². The van der Waals surface area contributed by atoms with Gasteiger partial charge in [0.2, 0.25) is 11.1 Å². The number of aromatic amines is 1. The van der Waals surface area contributed by atoms with Gasteiger partial charge in [0.15, 0.2) is 0 Å². The smallest absolute Gasteiger partial charge is 0.270 e. The van der Waals surface area contributed by atoms with Gasteiger partial charge < -0.3 is 10.6 Å². The number of hydrogen-bond acceptors (Lipinski definition) is 7. The molecule has 1 heterocycles. The molecule has 0 unspecified atom stereocenters. The van der Waals surface area contributed by atoms with Crippen LogP contribution in [-0.4, -0.2) is 37.7 Å². The number of H-pyrrole nitrogens is 1. The third-order valence-corrected chi connectivity index (χ3v) is 5.98. The molecule has 13 heteroatoms. The molecule has 3 rings (SSSR count). The van der Waals surface area contributed by atoms with Crippen molar-refractivity contribution in [3.8, 4) is 0 Å². The summed E-state index contributed by atoms with van der Waals surface area (Å²) < 4.78 is 0. The Morgan fingerprint density at radius 3 is 2.65 bits per heavy atom. The van der Waals surface area contributed by atoms with Gasteiger partial charge in [0.1, 0.15) is 5.82 Å². The molecule has 3 N–H and O–H groups in total. The number of benzene rings is 2. The first-order valence-corrected chi connectivity index (χ1v) is 11.7. The molecule has 2 aromatic carbocycles. The fourth-order valence-corrected chi connectivity index (χ4v) is 3.97. The highest BCUT2D eigenvalue weighted by Gasteiger charge is 2.24. The fourth-order valence-electron chi connectivity index (χ4n) is 2.91. The summed E-state index contributed by atoms with van der Waals surface area (Å²) in [6.45, 7) is 3.77. The monoisotopic (exact) mass is 522 g/mol. The largest absolute Gasteiger partial charge is 0.342 e. The van der Waals surface area contributed by atoms with E-state index in [-0.39, 0.29) is 28.8 Å². The maximum Gasteiger partial charge on any atom is 0.270 e. The van der Waals surface area contributed by atoms with Crippen molar-refractivity contribution < 1.29 is 14.5 Å². The highest BCUT2D eigenvalue weighted by atomic mass is 35.5. The van der Waals surface area contributed by atoms with Gasteiger partial charge in [0.05, 0.1) is 27.4 Å². The number of carbonyl (C=O) groups excluding carboxylic acids is 2. The Kier molecular flexibility index (Phi) is 8.48. The number of rotatable bonds is 9. The van der Waals surface area contributed by atoms with Crippen LogP contribution < -0.4 is 10.6 Å². The zero-order valence-electron chi connectivity index (χ0n) is 18.0. The standard InChI is InChI=1S/C21H20Cl2N6O4S/c1-11(2)18(25-20(31)12-4-3-5-14(8-12)29(32)33)19-26-21(28-27-19)34-10-17(30)24-16-7-6-13(22)9-15(16)23/h3-9,11,18H,10H2,1-2H3,(H,24,30)(H,25,31)(H,26,27,28)/t18-/m1/s1. The minimum absolute atomic E-state index is 0.0304. The van der Waals surface area contributed by atoms with Crippen molar-refractivity contribution in [3.63, 3.8) is 0 Å².